The summed E-state index contributed by atoms with van der Waals surface area (Å²) in [7, 11) is 0. The van der Waals surface area contributed by atoms with Crippen molar-refractivity contribution in [2.45, 2.75) is 32.4 Å². The maximum atomic E-state index is 4.29. The van der Waals surface area contributed by atoms with Gasteiger partial charge in [0.15, 0.2) is 0 Å². The zero-order chi connectivity index (χ0) is 18.3. The van der Waals surface area contributed by atoms with Crippen molar-refractivity contribution >= 4 is 0 Å². The van der Waals surface area contributed by atoms with E-state index in [1.165, 1.54) is 0 Å². The number of hydrogen-bond donors (Lipinski definition) is 0. The minimum Gasteiger partial charge on any atom is -0.254 e. The molecule has 8 nitrogen and oxygen atoms in total. The van der Waals surface area contributed by atoms with Gasteiger partial charge in [0.2, 0.25) is 0 Å². The summed E-state index contributed by atoms with van der Waals surface area (Å²) in [6.07, 6.45) is 10.6. The molecule has 0 fully saturated rings. The second kappa shape index (κ2) is 8.31. The van der Waals surface area contributed by atoms with Crippen LogP contribution in [-0.4, -0.2) is 40.0 Å². The lowest BCUT2D eigenvalue weighted by Gasteiger charge is -2.01. The van der Waals surface area contributed by atoms with E-state index in [-0.39, 0.29) is 0 Å². The van der Waals surface area contributed by atoms with Gasteiger partial charge in [0.05, 0.1) is 23.8 Å². The van der Waals surface area contributed by atoms with Gasteiger partial charge in [-0.1, -0.05) is 22.6 Å². The Balaban J connectivity index is 1.21. The van der Waals surface area contributed by atoms with E-state index in [0.29, 0.717) is 0 Å². The normalized spacial score (nSPS) is 11.0. The number of nitrogens with zero attached hydrogens (tertiary/aromatic N) is 8. The molecule has 0 N–H and O–H groups in total. The molecule has 4 rings (SSSR count). The Morgan fingerprint density at radius 2 is 1.11 bits per heavy atom. The Morgan fingerprint density at radius 1 is 0.593 bits per heavy atom. The van der Waals surface area contributed by atoms with Crippen molar-refractivity contribution < 1.29 is 0 Å². The van der Waals surface area contributed by atoms with Crippen LogP contribution in [0.4, 0.5) is 0 Å². The number of aryl methyl sites for hydroxylation is 2. The minimum absolute atomic E-state index is 0.806. The largest absolute Gasteiger partial charge is 0.254 e. The predicted molar refractivity (Wildman–Crippen MR) is 100 cm³/mol. The smallest absolute Gasteiger partial charge is 0.131 e. The van der Waals surface area contributed by atoms with Crippen molar-refractivity contribution in [3.05, 3.63) is 61.2 Å². The van der Waals surface area contributed by atoms with Gasteiger partial charge >= 0.3 is 0 Å². The van der Waals surface area contributed by atoms with Crippen molar-refractivity contribution in [1.29, 1.82) is 0 Å². The zero-order valence-corrected chi connectivity index (χ0v) is 14.9. The molecule has 4 aromatic heterocycles. The summed E-state index contributed by atoms with van der Waals surface area (Å²) in [5.74, 6) is 0. The van der Waals surface area contributed by atoms with E-state index < -0.39 is 0 Å². The molecule has 0 amide bonds. The summed E-state index contributed by atoms with van der Waals surface area (Å²) < 4.78 is 3.75. The fourth-order valence-corrected chi connectivity index (χ4v) is 2.80. The Labute approximate surface area is 156 Å². The van der Waals surface area contributed by atoms with E-state index in [1.807, 2.05) is 58.2 Å². The molecule has 0 unspecified atom stereocenters. The van der Waals surface area contributed by atoms with Crippen molar-refractivity contribution in [2.24, 2.45) is 0 Å². The van der Waals surface area contributed by atoms with Crippen molar-refractivity contribution in [2.75, 3.05) is 0 Å². The Morgan fingerprint density at radius 3 is 1.56 bits per heavy atom. The molecule has 0 saturated heterocycles. The van der Waals surface area contributed by atoms with Gasteiger partial charge in [0.25, 0.3) is 0 Å². The van der Waals surface area contributed by atoms with Gasteiger partial charge in [-0.2, -0.15) is 0 Å². The van der Waals surface area contributed by atoms with Crippen LogP contribution in [-0.2, 0) is 13.1 Å². The first-order valence-corrected chi connectivity index (χ1v) is 9.01. The molecule has 0 aliphatic carbocycles. The van der Waals surface area contributed by atoms with Gasteiger partial charge in [-0.3, -0.25) is 19.3 Å². The Bertz CT molecular complexity index is 882. The van der Waals surface area contributed by atoms with Crippen molar-refractivity contribution in [1.82, 2.24) is 40.0 Å². The lowest BCUT2D eigenvalue weighted by Crippen LogP contribution is -2.01. The third-order valence-electron chi connectivity index (χ3n) is 4.21. The number of aromatic nitrogens is 8. The van der Waals surface area contributed by atoms with Gasteiger partial charge < -0.3 is 0 Å². The molecule has 0 bridgehead atoms. The standard InChI is InChI=1S/C19H20N8/c1(6-12-26-14-18(22-24-26)16-8-2-4-10-20-16)7-13-27-15-19(23-25-27)17-9-3-5-11-21-17/h2-5,8-11,14-15H,1,6-7,12-13H2. The molecule has 27 heavy (non-hydrogen) atoms. The van der Waals surface area contributed by atoms with Crippen LogP contribution in [0.5, 0.6) is 0 Å². The fourth-order valence-electron chi connectivity index (χ4n) is 2.80. The fraction of sp³-hybridized carbons (Fsp3) is 0.263. The summed E-state index contributed by atoms with van der Waals surface area (Å²) >= 11 is 0. The number of pyridine rings is 2. The van der Waals surface area contributed by atoms with Gasteiger partial charge in [0, 0.05) is 25.5 Å². The van der Waals surface area contributed by atoms with Crippen molar-refractivity contribution in [3.8, 4) is 22.8 Å². The van der Waals surface area contributed by atoms with E-state index in [0.717, 1.165) is 55.1 Å². The lowest BCUT2D eigenvalue weighted by atomic mass is 10.2. The number of hydrogen-bond acceptors (Lipinski definition) is 6. The van der Waals surface area contributed by atoms with E-state index in [1.54, 1.807) is 12.4 Å². The Hall–Kier alpha value is -3.42. The first-order chi connectivity index (χ1) is 13.4. The Kier molecular flexibility index (Phi) is 5.24. The van der Waals surface area contributed by atoms with Crippen LogP contribution in [0.15, 0.2) is 61.2 Å². The monoisotopic (exact) mass is 360 g/mol. The average Bonchev–Trinajstić information content (AvgIpc) is 3.39. The van der Waals surface area contributed by atoms with Crippen LogP contribution in [0.1, 0.15) is 19.3 Å². The molecule has 0 aliphatic heterocycles. The number of unbranched alkanes of at least 4 members (excludes halogenated alkanes) is 2. The minimum atomic E-state index is 0.806. The molecule has 0 atom stereocenters. The highest BCUT2D eigenvalue weighted by atomic mass is 15.4. The molecule has 4 aromatic rings. The maximum absolute atomic E-state index is 4.29. The van der Waals surface area contributed by atoms with Crippen LogP contribution >= 0.6 is 0 Å². The second-order valence-electron chi connectivity index (χ2n) is 6.22. The van der Waals surface area contributed by atoms with E-state index in [9.17, 15) is 0 Å². The SMILES string of the molecule is c1ccc(-c2cn(CCCCCn3cc(-c4ccccn4)nn3)nn2)nc1. The van der Waals surface area contributed by atoms with Gasteiger partial charge in [-0.15, -0.1) is 10.2 Å². The molecule has 8 heteroatoms. The van der Waals surface area contributed by atoms with E-state index >= 15 is 0 Å². The topological polar surface area (TPSA) is 87.2 Å². The molecule has 0 aromatic carbocycles. The summed E-state index contributed by atoms with van der Waals surface area (Å²) in [4.78, 5) is 8.59. The molecule has 136 valence electrons. The van der Waals surface area contributed by atoms with Crippen LogP contribution in [0, 0.1) is 0 Å². The van der Waals surface area contributed by atoms with Crippen LogP contribution in [0.2, 0.25) is 0 Å². The first-order valence-electron chi connectivity index (χ1n) is 9.01. The van der Waals surface area contributed by atoms with Gasteiger partial charge in [0.1, 0.15) is 11.4 Å². The molecule has 0 aliphatic rings. The number of rotatable bonds is 8. The highest BCUT2D eigenvalue weighted by Gasteiger charge is 2.05. The first kappa shape index (κ1) is 17.0. The highest BCUT2D eigenvalue weighted by molar-refractivity contribution is 5.51. The molecular formula is C19H20N8. The summed E-state index contributed by atoms with van der Waals surface area (Å²) in [5.41, 5.74) is 3.30. The molecule has 0 spiro atoms. The maximum Gasteiger partial charge on any atom is 0.131 e. The quantitative estimate of drug-likeness (QED) is 0.449. The van der Waals surface area contributed by atoms with Crippen molar-refractivity contribution in [3.63, 3.8) is 0 Å². The van der Waals surface area contributed by atoms with E-state index in [2.05, 4.69) is 30.6 Å². The molecule has 4 heterocycles. The van der Waals surface area contributed by atoms with Gasteiger partial charge in [-0.05, 0) is 43.5 Å². The van der Waals surface area contributed by atoms with Crippen LogP contribution < -0.4 is 0 Å². The third kappa shape index (κ3) is 4.41. The molecular weight excluding hydrogens is 340 g/mol. The zero-order valence-electron chi connectivity index (χ0n) is 14.9. The summed E-state index contributed by atoms with van der Waals surface area (Å²) in [6.45, 7) is 1.69. The average molecular weight is 360 g/mol. The molecule has 0 saturated carbocycles. The highest BCUT2D eigenvalue weighted by Crippen LogP contribution is 2.13. The summed E-state index contributed by atoms with van der Waals surface area (Å²) in [6, 6.07) is 11.6. The van der Waals surface area contributed by atoms with Gasteiger partial charge in [-0.25, -0.2) is 0 Å². The lowest BCUT2D eigenvalue weighted by molar-refractivity contribution is 0.489. The second-order valence-corrected chi connectivity index (χ2v) is 6.22. The van der Waals surface area contributed by atoms with Crippen LogP contribution in [0.25, 0.3) is 22.8 Å². The van der Waals surface area contributed by atoms with E-state index in [4.69, 9.17) is 0 Å². The molecule has 0 radical (unpaired) electrons. The third-order valence-corrected chi connectivity index (χ3v) is 4.21. The predicted octanol–water partition coefficient (Wildman–Crippen LogP) is 2.86. The summed E-state index contributed by atoms with van der Waals surface area (Å²) in [5, 5.41) is 16.7. The van der Waals surface area contributed by atoms with Crippen LogP contribution in [0.3, 0.4) is 0 Å².